The molecule has 1 aliphatic rings. The number of hydrogen-bond acceptors (Lipinski definition) is 3. The van der Waals surface area contributed by atoms with Crippen molar-refractivity contribution >= 4 is 23.2 Å². The number of benzene rings is 2. The first-order chi connectivity index (χ1) is 13.1. The number of piperazine rings is 1. The molecule has 0 spiro atoms. The van der Waals surface area contributed by atoms with Gasteiger partial charge in [-0.1, -0.05) is 35.9 Å². The van der Waals surface area contributed by atoms with E-state index in [2.05, 4.69) is 5.32 Å². The van der Waals surface area contributed by atoms with Crippen molar-refractivity contribution in [2.45, 2.75) is 12.8 Å². The van der Waals surface area contributed by atoms with Crippen LogP contribution in [0.1, 0.15) is 12.0 Å². The Kier molecular flexibility index (Phi) is 7.07. The minimum absolute atomic E-state index is 0.155. The Hall–Kier alpha value is -2.11. The van der Waals surface area contributed by atoms with Crippen molar-refractivity contribution in [1.29, 1.82) is 0 Å². The maximum atomic E-state index is 13.9. The molecular weight excluding hydrogens is 365 g/mol. The fraction of sp³-hybridized carbons (Fsp3) is 0.381. The number of carbonyl (C=O) groups is 1. The summed E-state index contributed by atoms with van der Waals surface area (Å²) in [6.45, 7) is 4.10. The molecule has 1 saturated heterocycles. The molecule has 0 aliphatic carbocycles. The SMILES string of the molecule is O=C(CCNCCc1ccc(Cl)cc1)N1CCN(c2ccccc2F)CC1. The van der Waals surface area contributed by atoms with Crippen LogP contribution in [0, 0.1) is 5.82 Å². The molecule has 1 aliphatic heterocycles. The van der Waals surface area contributed by atoms with Crippen LogP contribution in [-0.2, 0) is 11.2 Å². The van der Waals surface area contributed by atoms with Gasteiger partial charge in [0.1, 0.15) is 5.82 Å². The van der Waals surface area contributed by atoms with E-state index in [1.165, 1.54) is 11.6 Å². The maximum Gasteiger partial charge on any atom is 0.223 e. The van der Waals surface area contributed by atoms with Crippen molar-refractivity contribution in [3.05, 3.63) is 64.9 Å². The molecule has 0 radical (unpaired) electrons. The monoisotopic (exact) mass is 389 g/mol. The Morgan fingerprint density at radius 3 is 2.41 bits per heavy atom. The number of carbonyl (C=O) groups excluding carboxylic acids is 1. The summed E-state index contributed by atoms with van der Waals surface area (Å²) in [5.74, 6) is -0.0515. The van der Waals surface area contributed by atoms with E-state index in [1.54, 1.807) is 12.1 Å². The first-order valence-corrected chi connectivity index (χ1v) is 9.74. The second-order valence-electron chi connectivity index (χ2n) is 6.70. The molecule has 4 nitrogen and oxygen atoms in total. The zero-order valence-corrected chi connectivity index (χ0v) is 16.1. The number of rotatable bonds is 7. The van der Waals surface area contributed by atoms with E-state index in [-0.39, 0.29) is 11.7 Å². The average molecular weight is 390 g/mol. The molecule has 1 heterocycles. The molecule has 0 unspecified atom stereocenters. The van der Waals surface area contributed by atoms with Gasteiger partial charge < -0.3 is 15.1 Å². The summed E-state index contributed by atoms with van der Waals surface area (Å²) >= 11 is 5.88. The van der Waals surface area contributed by atoms with Crippen molar-refractivity contribution in [2.24, 2.45) is 0 Å². The van der Waals surface area contributed by atoms with Crippen LogP contribution in [0.2, 0.25) is 5.02 Å². The van der Waals surface area contributed by atoms with Gasteiger partial charge in [0.2, 0.25) is 5.91 Å². The number of hydrogen-bond donors (Lipinski definition) is 1. The molecule has 144 valence electrons. The molecule has 1 amide bonds. The van der Waals surface area contributed by atoms with Crippen molar-refractivity contribution in [3.63, 3.8) is 0 Å². The van der Waals surface area contributed by atoms with Gasteiger partial charge in [0.15, 0.2) is 0 Å². The van der Waals surface area contributed by atoms with E-state index in [0.29, 0.717) is 44.8 Å². The Bertz CT molecular complexity index is 745. The molecule has 1 N–H and O–H groups in total. The van der Waals surface area contributed by atoms with E-state index < -0.39 is 0 Å². The van der Waals surface area contributed by atoms with Gasteiger partial charge in [-0.3, -0.25) is 4.79 Å². The van der Waals surface area contributed by atoms with Crippen molar-refractivity contribution < 1.29 is 9.18 Å². The van der Waals surface area contributed by atoms with E-state index in [4.69, 9.17) is 11.6 Å². The summed E-state index contributed by atoms with van der Waals surface area (Å²) in [5, 5.41) is 4.06. The summed E-state index contributed by atoms with van der Waals surface area (Å²) < 4.78 is 13.9. The van der Waals surface area contributed by atoms with Crippen molar-refractivity contribution in [2.75, 3.05) is 44.2 Å². The topological polar surface area (TPSA) is 35.6 Å². The highest BCUT2D eigenvalue weighted by atomic mass is 35.5. The van der Waals surface area contributed by atoms with Gasteiger partial charge >= 0.3 is 0 Å². The second-order valence-corrected chi connectivity index (χ2v) is 7.13. The van der Waals surface area contributed by atoms with Crippen LogP contribution in [0.3, 0.4) is 0 Å². The summed E-state index contributed by atoms with van der Waals surface area (Å²) in [7, 11) is 0. The maximum absolute atomic E-state index is 13.9. The van der Waals surface area contributed by atoms with Gasteiger partial charge in [0.25, 0.3) is 0 Å². The van der Waals surface area contributed by atoms with Crippen LogP contribution >= 0.6 is 11.6 Å². The van der Waals surface area contributed by atoms with Gasteiger partial charge in [-0.15, -0.1) is 0 Å². The fourth-order valence-corrected chi connectivity index (χ4v) is 3.39. The van der Waals surface area contributed by atoms with Gasteiger partial charge in [-0.2, -0.15) is 0 Å². The molecule has 6 heteroatoms. The van der Waals surface area contributed by atoms with Crippen LogP contribution in [0.4, 0.5) is 10.1 Å². The van der Waals surface area contributed by atoms with Crippen LogP contribution in [-0.4, -0.2) is 50.1 Å². The number of nitrogens with one attached hydrogen (secondary N) is 1. The zero-order chi connectivity index (χ0) is 19.1. The lowest BCUT2D eigenvalue weighted by atomic mass is 10.1. The van der Waals surface area contributed by atoms with Crippen LogP contribution < -0.4 is 10.2 Å². The fourth-order valence-electron chi connectivity index (χ4n) is 3.27. The second kappa shape index (κ2) is 9.72. The normalized spacial score (nSPS) is 14.4. The Morgan fingerprint density at radius 1 is 1.00 bits per heavy atom. The minimum Gasteiger partial charge on any atom is -0.366 e. The Balaban J connectivity index is 1.34. The van der Waals surface area contributed by atoms with Gasteiger partial charge in [-0.25, -0.2) is 4.39 Å². The third-order valence-electron chi connectivity index (χ3n) is 4.84. The third-order valence-corrected chi connectivity index (χ3v) is 5.10. The Morgan fingerprint density at radius 2 is 1.70 bits per heavy atom. The number of para-hydroxylation sites is 1. The molecule has 0 atom stereocenters. The zero-order valence-electron chi connectivity index (χ0n) is 15.3. The smallest absolute Gasteiger partial charge is 0.223 e. The van der Waals surface area contributed by atoms with Gasteiger partial charge in [-0.05, 0) is 42.8 Å². The lowest BCUT2D eigenvalue weighted by molar-refractivity contribution is -0.131. The predicted octanol–water partition coefficient (Wildman–Crippen LogP) is 3.35. The van der Waals surface area contributed by atoms with Gasteiger partial charge in [0, 0.05) is 44.2 Å². The van der Waals surface area contributed by atoms with E-state index >= 15 is 0 Å². The molecular formula is C21H25ClFN3O. The molecule has 2 aromatic rings. The van der Waals surface area contributed by atoms with E-state index in [0.717, 1.165) is 18.0 Å². The summed E-state index contributed by atoms with van der Waals surface area (Å²) in [6, 6.07) is 14.6. The molecule has 1 fully saturated rings. The number of nitrogens with zero attached hydrogens (tertiary/aromatic N) is 2. The van der Waals surface area contributed by atoms with Crippen LogP contribution in [0.5, 0.6) is 0 Å². The average Bonchev–Trinajstić information content (AvgIpc) is 2.69. The van der Waals surface area contributed by atoms with Crippen molar-refractivity contribution in [1.82, 2.24) is 10.2 Å². The first-order valence-electron chi connectivity index (χ1n) is 9.36. The van der Waals surface area contributed by atoms with Crippen molar-refractivity contribution in [3.8, 4) is 0 Å². The molecule has 0 saturated carbocycles. The van der Waals surface area contributed by atoms with Crippen LogP contribution in [0.25, 0.3) is 0 Å². The highest BCUT2D eigenvalue weighted by Crippen LogP contribution is 2.20. The number of amides is 1. The van der Waals surface area contributed by atoms with E-state index in [1.807, 2.05) is 40.1 Å². The molecule has 3 rings (SSSR count). The van der Waals surface area contributed by atoms with Crippen LogP contribution in [0.15, 0.2) is 48.5 Å². The number of halogens is 2. The lowest BCUT2D eigenvalue weighted by Gasteiger charge is -2.36. The standard InChI is InChI=1S/C21H25ClFN3O/c22-18-7-5-17(6-8-18)9-11-24-12-10-21(27)26-15-13-25(14-16-26)20-4-2-1-3-19(20)23/h1-8,24H,9-16H2. The largest absolute Gasteiger partial charge is 0.366 e. The molecule has 27 heavy (non-hydrogen) atoms. The highest BCUT2D eigenvalue weighted by Gasteiger charge is 2.22. The minimum atomic E-state index is -0.206. The quantitative estimate of drug-likeness (QED) is 0.738. The first kappa shape index (κ1) is 19.6. The molecule has 0 aromatic heterocycles. The molecule has 0 bridgehead atoms. The predicted molar refractivity (Wildman–Crippen MR) is 108 cm³/mol. The third kappa shape index (κ3) is 5.68. The lowest BCUT2D eigenvalue weighted by Crippen LogP contribution is -2.49. The molecule has 2 aromatic carbocycles. The van der Waals surface area contributed by atoms with E-state index in [9.17, 15) is 9.18 Å². The highest BCUT2D eigenvalue weighted by molar-refractivity contribution is 6.30. The summed E-state index contributed by atoms with van der Waals surface area (Å²) in [4.78, 5) is 16.2. The summed E-state index contributed by atoms with van der Waals surface area (Å²) in [6.07, 6.45) is 1.40. The Labute approximate surface area is 164 Å². The number of anilines is 1. The van der Waals surface area contributed by atoms with Gasteiger partial charge in [0.05, 0.1) is 5.69 Å². The summed E-state index contributed by atoms with van der Waals surface area (Å²) in [5.41, 5.74) is 1.84.